The SMILES string of the molecule is CC(C)CC(NC(=O)C(N)CC(N)=O)C(=O)NCC(=O)NC(CCC(=O)O)C(=O)NC(Cc1cnc[nH]1)C(=O)N1CCCC1C(=O)NC(C(=O)NC(CS)C(=O)NC(CC(=O)O)C(=O)NC(CO)C(=O)O)C(C)C. The molecule has 74 heavy (non-hydrogen) atoms. The van der Waals surface area contributed by atoms with E-state index in [2.05, 4.69) is 59.8 Å². The number of likely N-dealkylation sites (tertiary alicyclic amines) is 1. The second kappa shape index (κ2) is 30.6. The summed E-state index contributed by atoms with van der Waals surface area (Å²) in [5.74, 6) is -15.3. The quantitative estimate of drug-likeness (QED) is 0.0299. The molecule has 9 unspecified atom stereocenters. The molecule has 1 saturated heterocycles. The number of H-pyrrole nitrogens is 1. The van der Waals surface area contributed by atoms with Crippen LogP contribution in [0.15, 0.2) is 12.5 Å². The maximum absolute atomic E-state index is 14.4. The molecular weight excluding hydrogens is 1000 g/mol. The molecule has 10 amide bonds. The lowest BCUT2D eigenvalue weighted by atomic mass is 10.0. The number of carboxylic acid groups (broad SMARTS) is 3. The number of amides is 10. The van der Waals surface area contributed by atoms with Gasteiger partial charge >= 0.3 is 17.9 Å². The topological polar surface area (TPSA) is 483 Å². The number of carbonyl (C=O) groups is 13. The summed E-state index contributed by atoms with van der Waals surface area (Å²) in [7, 11) is 0. The minimum atomic E-state index is -1.87. The van der Waals surface area contributed by atoms with E-state index in [0.29, 0.717) is 5.69 Å². The van der Waals surface area contributed by atoms with Crippen LogP contribution in [0.4, 0.5) is 0 Å². The van der Waals surface area contributed by atoms with Crippen LogP contribution < -0.4 is 54.0 Å². The van der Waals surface area contributed by atoms with Gasteiger partial charge in [-0.1, -0.05) is 27.7 Å². The van der Waals surface area contributed by atoms with E-state index >= 15 is 0 Å². The van der Waals surface area contributed by atoms with Crippen molar-refractivity contribution in [2.75, 3.05) is 25.4 Å². The highest BCUT2D eigenvalue weighted by molar-refractivity contribution is 7.80. The molecule has 0 radical (unpaired) electrons. The number of aliphatic hydroxyl groups excluding tert-OH is 1. The van der Waals surface area contributed by atoms with Crippen molar-refractivity contribution in [2.45, 2.75) is 133 Å². The van der Waals surface area contributed by atoms with Crippen molar-refractivity contribution >= 4 is 89.6 Å². The highest BCUT2D eigenvalue weighted by Crippen LogP contribution is 2.21. The van der Waals surface area contributed by atoms with Gasteiger partial charge in [-0.2, -0.15) is 12.6 Å². The van der Waals surface area contributed by atoms with Crippen LogP contribution >= 0.6 is 12.6 Å². The van der Waals surface area contributed by atoms with Gasteiger partial charge in [-0.25, -0.2) is 9.78 Å². The maximum atomic E-state index is 14.4. The second-order valence-corrected chi connectivity index (χ2v) is 18.3. The Kier molecular flexibility index (Phi) is 25.9. The molecule has 0 aliphatic carbocycles. The Morgan fingerprint density at radius 1 is 0.743 bits per heavy atom. The van der Waals surface area contributed by atoms with Crippen molar-refractivity contribution in [3.05, 3.63) is 18.2 Å². The first-order valence-electron chi connectivity index (χ1n) is 23.3. The number of nitrogens with one attached hydrogen (secondary N) is 9. The zero-order valence-electron chi connectivity index (χ0n) is 41.1. The van der Waals surface area contributed by atoms with Gasteiger partial charge in [0, 0.05) is 37.0 Å². The molecule has 1 aliphatic rings. The van der Waals surface area contributed by atoms with Gasteiger partial charge in [0.25, 0.3) is 0 Å². The average molecular weight is 1070 g/mol. The summed E-state index contributed by atoms with van der Waals surface area (Å²) in [6, 6.07) is -13.5. The lowest BCUT2D eigenvalue weighted by Gasteiger charge is -2.31. The fourth-order valence-electron chi connectivity index (χ4n) is 7.31. The number of aliphatic carboxylic acids is 3. The molecule has 1 aromatic rings. The Bertz CT molecular complexity index is 2200. The number of carbonyl (C=O) groups excluding carboxylic acids is 10. The Morgan fingerprint density at radius 2 is 1.34 bits per heavy atom. The summed E-state index contributed by atoms with van der Waals surface area (Å²) in [4.78, 5) is 175. The molecule has 2 rings (SSSR count). The van der Waals surface area contributed by atoms with E-state index in [1.54, 1.807) is 27.7 Å². The van der Waals surface area contributed by atoms with Crippen LogP contribution in [0.2, 0.25) is 0 Å². The number of hydrogen-bond acceptors (Lipinski definition) is 17. The molecule has 412 valence electrons. The minimum Gasteiger partial charge on any atom is -0.481 e. The number of thiol groups is 1. The fourth-order valence-corrected chi connectivity index (χ4v) is 7.57. The number of hydrogen-bond donors (Lipinski definition) is 16. The van der Waals surface area contributed by atoms with Crippen LogP contribution in [0, 0.1) is 11.8 Å². The van der Waals surface area contributed by atoms with Gasteiger partial charge < -0.3 is 84.3 Å². The van der Waals surface area contributed by atoms with E-state index in [-0.39, 0.29) is 38.1 Å². The molecule has 31 heteroatoms. The summed E-state index contributed by atoms with van der Waals surface area (Å²) in [5, 5.41) is 55.9. The molecular formula is C43H67N13O17S. The third-order valence-electron chi connectivity index (χ3n) is 11.1. The van der Waals surface area contributed by atoms with E-state index < -0.39 is 182 Å². The zero-order valence-corrected chi connectivity index (χ0v) is 42.0. The summed E-state index contributed by atoms with van der Waals surface area (Å²) in [6.45, 7) is 4.75. The van der Waals surface area contributed by atoms with Crippen LogP contribution in [-0.2, 0) is 68.7 Å². The van der Waals surface area contributed by atoms with Crippen LogP contribution in [0.25, 0.3) is 0 Å². The van der Waals surface area contributed by atoms with Crippen molar-refractivity contribution in [2.24, 2.45) is 23.3 Å². The van der Waals surface area contributed by atoms with E-state index in [1.165, 1.54) is 12.5 Å². The van der Waals surface area contributed by atoms with E-state index in [1.807, 2.05) is 5.32 Å². The molecule has 17 N–H and O–H groups in total. The Morgan fingerprint density at radius 3 is 1.88 bits per heavy atom. The second-order valence-electron chi connectivity index (χ2n) is 18.0. The first kappa shape index (κ1) is 62.7. The van der Waals surface area contributed by atoms with Gasteiger partial charge in [-0.05, 0) is 37.5 Å². The van der Waals surface area contributed by atoms with Crippen molar-refractivity contribution in [3.8, 4) is 0 Å². The lowest BCUT2D eigenvalue weighted by Crippen LogP contribution is -2.61. The molecule has 0 aromatic carbocycles. The fraction of sp³-hybridized carbons (Fsp3) is 0.628. The first-order chi connectivity index (χ1) is 34.7. The van der Waals surface area contributed by atoms with Crippen LogP contribution in [0.5, 0.6) is 0 Å². The molecule has 1 aromatic heterocycles. The molecule has 0 bridgehead atoms. The van der Waals surface area contributed by atoms with E-state index in [4.69, 9.17) is 11.5 Å². The molecule has 1 fully saturated rings. The summed E-state index contributed by atoms with van der Waals surface area (Å²) in [5.41, 5.74) is 11.2. The monoisotopic (exact) mass is 1070 g/mol. The molecule has 0 saturated carbocycles. The molecule has 0 spiro atoms. The first-order valence-corrected chi connectivity index (χ1v) is 23.9. The van der Waals surface area contributed by atoms with Crippen molar-refractivity contribution in [1.29, 1.82) is 0 Å². The van der Waals surface area contributed by atoms with Crippen molar-refractivity contribution in [1.82, 2.24) is 57.4 Å². The Balaban J connectivity index is 2.29. The smallest absolute Gasteiger partial charge is 0.328 e. The molecule has 2 heterocycles. The van der Waals surface area contributed by atoms with Crippen LogP contribution in [-0.4, -0.2) is 192 Å². The molecule has 1 aliphatic heterocycles. The van der Waals surface area contributed by atoms with Gasteiger partial charge in [0.15, 0.2) is 0 Å². The Labute approximate surface area is 429 Å². The number of rotatable bonds is 32. The van der Waals surface area contributed by atoms with Gasteiger partial charge in [0.2, 0.25) is 59.1 Å². The lowest BCUT2D eigenvalue weighted by molar-refractivity contribution is -0.144. The number of aromatic amines is 1. The normalized spacial score (nSPS) is 16.4. The number of imidazole rings is 1. The predicted molar refractivity (Wildman–Crippen MR) is 257 cm³/mol. The number of aromatic nitrogens is 2. The molecule has 30 nitrogen and oxygen atoms in total. The minimum absolute atomic E-state index is 0.0163. The van der Waals surface area contributed by atoms with Crippen LogP contribution in [0.1, 0.15) is 78.3 Å². The largest absolute Gasteiger partial charge is 0.481 e. The summed E-state index contributed by atoms with van der Waals surface area (Å²) in [6.07, 6.45) is 0.169. The maximum Gasteiger partial charge on any atom is 0.328 e. The summed E-state index contributed by atoms with van der Waals surface area (Å²) >= 11 is 4.09. The van der Waals surface area contributed by atoms with Crippen LogP contribution in [0.3, 0.4) is 0 Å². The third kappa shape index (κ3) is 21.0. The zero-order chi connectivity index (χ0) is 56.0. The number of nitrogens with two attached hydrogens (primary N) is 2. The number of nitrogens with zero attached hydrogens (tertiary/aromatic N) is 2. The van der Waals surface area contributed by atoms with E-state index in [0.717, 1.165) is 4.90 Å². The van der Waals surface area contributed by atoms with Crippen molar-refractivity contribution in [3.63, 3.8) is 0 Å². The number of carboxylic acids is 3. The highest BCUT2D eigenvalue weighted by Gasteiger charge is 2.41. The average Bonchev–Trinajstić information content (AvgIpc) is 4.03. The van der Waals surface area contributed by atoms with E-state index in [9.17, 15) is 82.8 Å². The standard InChI is InChI=1S/C43H67N13O17S/c1-19(2)10-24(50-35(64)22(44)12-30(45)58)36(65)47-15-31(59)49-23(7-8-32(60)61)37(66)52-26(11-21-14-46-18-48-21)42(71)56-9-5-6-29(56)40(69)55-34(20(3)4)41(70)54-28(17-74)39(68)51-25(13-33(62)63)38(67)53-27(16-57)43(72)73/h14,18-20,22-29,34,57,74H,5-13,15-17,44H2,1-4H3,(H2,45,58)(H,46,48)(H,47,65)(H,49,59)(H,50,64)(H,51,68)(H,52,66)(H,53,67)(H,54,70)(H,55,69)(H,60,61)(H,62,63)(H,72,73). The Hall–Kier alpha value is -7.41. The van der Waals surface area contributed by atoms with Crippen molar-refractivity contribution < 1.29 is 82.8 Å². The van der Waals surface area contributed by atoms with Gasteiger partial charge in [0.05, 0.1) is 38.4 Å². The van der Waals surface area contributed by atoms with Gasteiger partial charge in [0.1, 0.15) is 48.3 Å². The third-order valence-corrected chi connectivity index (χ3v) is 11.5. The van der Waals surface area contributed by atoms with Gasteiger partial charge in [-0.3, -0.25) is 57.5 Å². The summed E-state index contributed by atoms with van der Waals surface area (Å²) < 4.78 is 0. The highest BCUT2D eigenvalue weighted by atomic mass is 32.1. The molecule has 9 atom stereocenters. The van der Waals surface area contributed by atoms with Gasteiger partial charge in [-0.15, -0.1) is 0 Å². The number of aliphatic hydroxyl groups is 1. The number of primary amides is 1. The predicted octanol–water partition coefficient (Wildman–Crippen LogP) is -6.30.